The molecule has 0 aromatic heterocycles. The van der Waals surface area contributed by atoms with E-state index < -0.39 is 5.91 Å². The molecule has 6 heteroatoms. The number of carbonyl (C=O) groups is 2. The second kappa shape index (κ2) is 8.00. The Morgan fingerprint density at radius 3 is 2.55 bits per heavy atom. The van der Waals surface area contributed by atoms with Crippen LogP contribution in [0.15, 0.2) is 72.8 Å². The van der Waals surface area contributed by atoms with E-state index in [1.807, 2.05) is 48.5 Å². The van der Waals surface area contributed by atoms with Crippen molar-refractivity contribution in [1.29, 1.82) is 0 Å². The Hall–Kier alpha value is -3.90. The van der Waals surface area contributed by atoms with Crippen LogP contribution in [0.5, 0.6) is 11.5 Å². The van der Waals surface area contributed by atoms with Crippen molar-refractivity contribution in [3.63, 3.8) is 0 Å². The first kappa shape index (κ1) is 18.5. The van der Waals surface area contributed by atoms with Gasteiger partial charge in [-0.15, -0.1) is 0 Å². The average Bonchev–Trinajstić information content (AvgIpc) is 2.89. The van der Waals surface area contributed by atoms with Crippen LogP contribution in [0.1, 0.15) is 27.0 Å². The molecule has 3 aromatic carbocycles. The van der Waals surface area contributed by atoms with Crippen molar-refractivity contribution >= 4 is 23.6 Å². The fourth-order valence-corrected chi connectivity index (χ4v) is 3.17. The number of nitrogens with one attached hydrogen (secondary N) is 2. The molecule has 4 rings (SSSR count). The monoisotopic (exact) mass is 386 g/mol. The molecule has 3 aromatic rings. The first-order valence-electron chi connectivity index (χ1n) is 9.05. The molecule has 0 bridgehead atoms. The number of carbonyl (C=O) groups excluding carboxylic acids is 2. The van der Waals surface area contributed by atoms with E-state index in [2.05, 4.69) is 5.32 Å². The van der Waals surface area contributed by atoms with E-state index in [9.17, 15) is 9.59 Å². The van der Waals surface area contributed by atoms with Crippen LogP contribution in [0, 0.1) is 0 Å². The van der Waals surface area contributed by atoms with E-state index in [1.165, 1.54) is 6.08 Å². The fourth-order valence-electron chi connectivity index (χ4n) is 3.17. The number of para-hydroxylation sites is 2. The maximum absolute atomic E-state index is 12.6. The van der Waals surface area contributed by atoms with Gasteiger partial charge in [-0.2, -0.15) is 0 Å². The van der Waals surface area contributed by atoms with E-state index in [4.69, 9.17) is 9.94 Å². The van der Waals surface area contributed by atoms with Gasteiger partial charge in [-0.05, 0) is 47.4 Å². The highest BCUT2D eigenvalue weighted by Crippen LogP contribution is 2.38. The van der Waals surface area contributed by atoms with Gasteiger partial charge in [-0.3, -0.25) is 14.8 Å². The molecule has 0 saturated carbocycles. The normalized spacial score (nSPS) is 12.4. The minimum atomic E-state index is -0.585. The Labute approximate surface area is 167 Å². The van der Waals surface area contributed by atoms with Crippen molar-refractivity contribution in [1.82, 2.24) is 5.48 Å². The molecule has 6 nitrogen and oxygen atoms in total. The molecule has 1 aliphatic heterocycles. The number of benzene rings is 3. The summed E-state index contributed by atoms with van der Waals surface area (Å²) < 4.78 is 5.98. The van der Waals surface area contributed by atoms with Crippen molar-refractivity contribution in [2.75, 3.05) is 5.32 Å². The number of hydrogen-bond acceptors (Lipinski definition) is 4. The molecule has 0 fully saturated rings. The van der Waals surface area contributed by atoms with Gasteiger partial charge in [0, 0.05) is 6.08 Å². The number of hydrogen-bond donors (Lipinski definition) is 3. The van der Waals surface area contributed by atoms with Crippen molar-refractivity contribution in [2.24, 2.45) is 0 Å². The SMILES string of the molecule is O=C(C=Cc1ccc(Cc2cccc3c2NC(=O)c2ccccc2O3)cc1)NO. The molecular weight excluding hydrogens is 368 g/mol. The third-order valence-corrected chi connectivity index (χ3v) is 4.61. The predicted molar refractivity (Wildman–Crippen MR) is 109 cm³/mol. The van der Waals surface area contributed by atoms with Crippen LogP contribution < -0.4 is 15.5 Å². The summed E-state index contributed by atoms with van der Waals surface area (Å²) in [6, 6.07) is 20.5. The lowest BCUT2D eigenvalue weighted by Crippen LogP contribution is -2.14. The molecule has 0 aliphatic carbocycles. The maximum Gasteiger partial charge on any atom is 0.267 e. The van der Waals surface area contributed by atoms with Crippen LogP contribution in [0.4, 0.5) is 5.69 Å². The van der Waals surface area contributed by atoms with E-state index in [0.717, 1.165) is 16.7 Å². The summed E-state index contributed by atoms with van der Waals surface area (Å²) in [6.07, 6.45) is 3.45. The quantitative estimate of drug-likeness (QED) is 0.357. The Balaban J connectivity index is 1.58. The molecular formula is C23H18N2O4. The van der Waals surface area contributed by atoms with Crippen molar-refractivity contribution in [2.45, 2.75) is 6.42 Å². The maximum atomic E-state index is 12.6. The Kier molecular flexibility index (Phi) is 5.09. The fraction of sp³-hybridized carbons (Fsp3) is 0.0435. The number of amides is 2. The molecule has 1 heterocycles. The van der Waals surface area contributed by atoms with Gasteiger partial charge in [0.25, 0.3) is 11.8 Å². The number of anilines is 1. The Morgan fingerprint density at radius 2 is 1.76 bits per heavy atom. The van der Waals surface area contributed by atoms with Gasteiger partial charge in [0.15, 0.2) is 5.75 Å². The van der Waals surface area contributed by atoms with Crippen LogP contribution in [-0.2, 0) is 11.2 Å². The van der Waals surface area contributed by atoms with Crippen molar-refractivity contribution in [3.05, 3.63) is 95.1 Å². The lowest BCUT2D eigenvalue weighted by molar-refractivity contribution is -0.124. The molecule has 2 amide bonds. The molecule has 0 saturated heterocycles. The highest BCUT2D eigenvalue weighted by molar-refractivity contribution is 6.08. The molecule has 0 radical (unpaired) electrons. The van der Waals surface area contributed by atoms with Gasteiger partial charge in [-0.1, -0.05) is 48.5 Å². The highest BCUT2D eigenvalue weighted by atomic mass is 16.5. The largest absolute Gasteiger partial charge is 0.454 e. The van der Waals surface area contributed by atoms with Gasteiger partial charge in [0.05, 0.1) is 11.3 Å². The lowest BCUT2D eigenvalue weighted by atomic mass is 10.0. The number of hydroxylamine groups is 1. The zero-order valence-electron chi connectivity index (χ0n) is 15.4. The summed E-state index contributed by atoms with van der Waals surface area (Å²) in [5.41, 5.74) is 5.52. The summed E-state index contributed by atoms with van der Waals surface area (Å²) in [7, 11) is 0. The highest BCUT2D eigenvalue weighted by Gasteiger charge is 2.22. The number of fused-ring (bicyclic) bond motifs is 2. The molecule has 1 aliphatic rings. The third kappa shape index (κ3) is 4.02. The van der Waals surface area contributed by atoms with E-state index in [1.54, 1.807) is 29.8 Å². The average molecular weight is 386 g/mol. The van der Waals surface area contributed by atoms with Gasteiger partial charge in [0.2, 0.25) is 0 Å². The van der Waals surface area contributed by atoms with Crippen LogP contribution in [-0.4, -0.2) is 17.0 Å². The summed E-state index contributed by atoms with van der Waals surface area (Å²) in [5, 5.41) is 11.5. The minimum Gasteiger partial charge on any atom is -0.454 e. The van der Waals surface area contributed by atoms with Crippen LogP contribution in [0.25, 0.3) is 6.08 Å². The van der Waals surface area contributed by atoms with Crippen molar-refractivity contribution < 1.29 is 19.5 Å². The van der Waals surface area contributed by atoms with Crippen molar-refractivity contribution in [3.8, 4) is 11.5 Å². The second-order valence-corrected chi connectivity index (χ2v) is 6.57. The minimum absolute atomic E-state index is 0.200. The molecule has 0 unspecified atom stereocenters. The van der Waals surface area contributed by atoms with Gasteiger partial charge in [-0.25, -0.2) is 5.48 Å². The third-order valence-electron chi connectivity index (χ3n) is 4.61. The van der Waals surface area contributed by atoms with E-state index in [-0.39, 0.29) is 5.91 Å². The molecule has 0 atom stereocenters. The summed E-state index contributed by atoms with van der Waals surface area (Å²) >= 11 is 0. The van der Waals surface area contributed by atoms with Crippen LogP contribution in [0.2, 0.25) is 0 Å². The summed E-state index contributed by atoms with van der Waals surface area (Å²) in [5.74, 6) is 0.353. The number of ether oxygens (including phenoxy) is 1. The summed E-state index contributed by atoms with van der Waals surface area (Å²) in [6.45, 7) is 0. The zero-order chi connectivity index (χ0) is 20.2. The molecule has 0 spiro atoms. The Bertz CT molecular complexity index is 1100. The van der Waals surface area contributed by atoms with E-state index in [0.29, 0.717) is 29.2 Å². The van der Waals surface area contributed by atoms with Gasteiger partial charge in [0.1, 0.15) is 5.75 Å². The molecule has 3 N–H and O–H groups in total. The topological polar surface area (TPSA) is 87.7 Å². The summed E-state index contributed by atoms with van der Waals surface area (Å²) in [4.78, 5) is 23.7. The van der Waals surface area contributed by atoms with Gasteiger partial charge >= 0.3 is 0 Å². The molecule has 144 valence electrons. The van der Waals surface area contributed by atoms with Crippen LogP contribution in [0.3, 0.4) is 0 Å². The standard InChI is InChI=1S/C23H18N2O4/c26-21(25-28)13-12-15-8-10-16(11-9-15)14-17-4-3-7-20-22(17)24-23(27)18-5-1-2-6-19(18)29-20/h1-13,28H,14H2,(H,24,27)(H,25,26). The first-order chi connectivity index (χ1) is 14.1. The first-order valence-corrected chi connectivity index (χ1v) is 9.05. The molecule has 29 heavy (non-hydrogen) atoms. The smallest absolute Gasteiger partial charge is 0.267 e. The lowest BCUT2D eigenvalue weighted by Gasteiger charge is -2.13. The van der Waals surface area contributed by atoms with E-state index >= 15 is 0 Å². The predicted octanol–water partition coefficient (Wildman–Crippen LogP) is 4.15. The second-order valence-electron chi connectivity index (χ2n) is 6.57. The van der Waals surface area contributed by atoms with Gasteiger partial charge < -0.3 is 10.1 Å². The zero-order valence-corrected chi connectivity index (χ0v) is 15.4. The number of rotatable bonds is 4. The Morgan fingerprint density at radius 1 is 1.00 bits per heavy atom. The van der Waals surface area contributed by atoms with Crippen LogP contribution >= 0.6 is 0 Å².